The number of hydrogen-bond acceptors (Lipinski definition) is 3. The van der Waals surface area contributed by atoms with Crippen molar-refractivity contribution in [3.8, 4) is 0 Å². The highest BCUT2D eigenvalue weighted by Gasteiger charge is 2.22. The fraction of sp³-hybridized carbons (Fsp3) is 0.300. The summed E-state index contributed by atoms with van der Waals surface area (Å²) in [6.07, 6.45) is 0.859. The molecule has 1 aliphatic heterocycles. The Balaban J connectivity index is 2.24. The Labute approximate surface area is 92.5 Å². The third-order valence-corrected chi connectivity index (χ3v) is 2.52. The normalized spacial score (nSPS) is 15.7. The lowest BCUT2D eigenvalue weighted by atomic mass is 10.2. The van der Waals surface area contributed by atoms with Crippen molar-refractivity contribution in [2.75, 3.05) is 18.9 Å². The number of nitrogen functional groups attached to an aromatic ring is 1. The molecule has 0 spiro atoms. The SMILES string of the molecule is Nc1ccc(C(=O)N2CCCO2)c(Cl)c1. The average Bonchev–Trinajstić information content (AvgIpc) is 2.69. The Morgan fingerprint density at radius 3 is 2.93 bits per heavy atom. The van der Waals surface area contributed by atoms with Crippen molar-refractivity contribution in [3.63, 3.8) is 0 Å². The van der Waals surface area contributed by atoms with Crippen LogP contribution in [0.25, 0.3) is 0 Å². The van der Waals surface area contributed by atoms with E-state index < -0.39 is 0 Å². The van der Waals surface area contributed by atoms with Crippen LogP contribution in [0.2, 0.25) is 5.02 Å². The first kappa shape index (κ1) is 10.3. The van der Waals surface area contributed by atoms with E-state index in [-0.39, 0.29) is 5.91 Å². The van der Waals surface area contributed by atoms with E-state index in [4.69, 9.17) is 22.2 Å². The molecule has 0 aliphatic carbocycles. The van der Waals surface area contributed by atoms with E-state index in [1.807, 2.05) is 0 Å². The van der Waals surface area contributed by atoms with Gasteiger partial charge in [0, 0.05) is 5.69 Å². The van der Waals surface area contributed by atoms with E-state index in [0.717, 1.165) is 6.42 Å². The van der Waals surface area contributed by atoms with Crippen LogP contribution < -0.4 is 5.73 Å². The zero-order chi connectivity index (χ0) is 10.8. The molecule has 1 fully saturated rings. The molecule has 0 radical (unpaired) electrons. The van der Waals surface area contributed by atoms with Gasteiger partial charge in [0.25, 0.3) is 5.91 Å². The van der Waals surface area contributed by atoms with E-state index in [1.54, 1.807) is 18.2 Å². The van der Waals surface area contributed by atoms with Crippen LogP contribution in [0.1, 0.15) is 16.8 Å². The maximum Gasteiger partial charge on any atom is 0.278 e. The number of hydrogen-bond donors (Lipinski definition) is 1. The van der Waals surface area contributed by atoms with Gasteiger partial charge in [-0.3, -0.25) is 9.63 Å². The molecule has 80 valence electrons. The number of halogens is 1. The topological polar surface area (TPSA) is 55.6 Å². The lowest BCUT2D eigenvalue weighted by molar-refractivity contribution is -0.0768. The maximum atomic E-state index is 11.9. The minimum atomic E-state index is -0.211. The first-order valence-corrected chi connectivity index (χ1v) is 5.06. The summed E-state index contributed by atoms with van der Waals surface area (Å²) in [5.41, 5.74) is 6.51. The van der Waals surface area contributed by atoms with Crippen molar-refractivity contribution in [1.29, 1.82) is 0 Å². The number of nitrogens with two attached hydrogens (primary N) is 1. The minimum Gasteiger partial charge on any atom is -0.399 e. The van der Waals surface area contributed by atoms with Gasteiger partial charge in [0.15, 0.2) is 0 Å². The number of hydroxylamine groups is 2. The fourth-order valence-electron chi connectivity index (χ4n) is 1.45. The number of rotatable bonds is 1. The number of anilines is 1. The largest absolute Gasteiger partial charge is 0.399 e. The van der Waals surface area contributed by atoms with Crippen LogP contribution in [-0.4, -0.2) is 24.1 Å². The minimum absolute atomic E-state index is 0.211. The Morgan fingerprint density at radius 2 is 2.33 bits per heavy atom. The highest BCUT2D eigenvalue weighted by molar-refractivity contribution is 6.34. The van der Waals surface area contributed by atoms with Crippen LogP contribution >= 0.6 is 11.6 Å². The molecule has 0 unspecified atom stereocenters. The van der Waals surface area contributed by atoms with E-state index in [2.05, 4.69) is 0 Å². The summed E-state index contributed by atoms with van der Waals surface area (Å²) in [5, 5.41) is 1.69. The molecule has 1 aliphatic rings. The lowest BCUT2D eigenvalue weighted by Gasteiger charge is -2.14. The summed E-state index contributed by atoms with van der Waals surface area (Å²) in [7, 11) is 0. The summed E-state index contributed by atoms with van der Waals surface area (Å²) >= 11 is 5.92. The fourth-order valence-corrected chi connectivity index (χ4v) is 1.72. The van der Waals surface area contributed by atoms with Gasteiger partial charge in [0.2, 0.25) is 0 Å². The van der Waals surface area contributed by atoms with Gasteiger partial charge in [-0.05, 0) is 24.6 Å². The van der Waals surface area contributed by atoms with E-state index >= 15 is 0 Å². The standard InChI is InChI=1S/C10H11ClN2O2/c11-9-6-7(12)2-3-8(9)10(14)13-4-1-5-15-13/h2-3,6H,1,4-5,12H2. The van der Waals surface area contributed by atoms with Crippen LogP contribution in [0, 0.1) is 0 Å². The van der Waals surface area contributed by atoms with Crippen LogP contribution in [0.4, 0.5) is 5.69 Å². The highest BCUT2D eigenvalue weighted by atomic mass is 35.5. The third-order valence-electron chi connectivity index (χ3n) is 2.20. The molecule has 1 aromatic rings. The number of carbonyl (C=O) groups is 1. The molecule has 2 rings (SSSR count). The van der Waals surface area contributed by atoms with Crippen molar-refractivity contribution in [1.82, 2.24) is 5.06 Å². The number of nitrogens with zero attached hydrogens (tertiary/aromatic N) is 1. The molecule has 0 atom stereocenters. The molecule has 5 heteroatoms. The van der Waals surface area contributed by atoms with Gasteiger partial charge in [-0.15, -0.1) is 0 Å². The first-order chi connectivity index (χ1) is 7.18. The summed E-state index contributed by atoms with van der Waals surface area (Å²) in [6, 6.07) is 4.82. The van der Waals surface area contributed by atoms with Crippen molar-refractivity contribution in [3.05, 3.63) is 28.8 Å². The molecule has 2 N–H and O–H groups in total. The average molecular weight is 227 g/mol. The van der Waals surface area contributed by atoms with Crippen LogP contribution in [0.3, 0.4) is 0 Å². The monoisotopic (exact) mass is 226 g/mol. The molecule has 1 aromatic carbocycles. The summed E-state index contributed by atoms with van der Waals surface area (Å²) in [4.78, 5) is 17.0. The van der Waals surface area contributed by atoms with Gasteiger partial charge in [-0.1, -0.05) is 11.6 Å². The predicted octanol–water partition coefficient (Wildman–Crippen LogP) is 1.70. The van der Waals surface area contributed by atoms with E-state index in [9.17, 15) is 4.79 Å². The molecule has 0 aromatic heterocycles. The molecular formula is C10H11ClN2O2. The molecule has 1 saturated heterocycles. The summed E-state index contributed by atoms with van der Waals surface area (Å²) < 4.78 is 0. The number of amides is 1. The van der Waals surface area contributed by atoms with Gasteiger partial charge < -0.3 is 5.73 Å². The summed E-state index contributed by atoms with van der Waals surface area (Å²) in [6.45, 7) is 1.19. The van der Waals surface area contributed by atoms with Crippen molar-refractivity contribution in [2.45, 2.75) is 6.42 Å². The second-order valence-corrected chi connectivity index (χ2v) is 3.74. The number of benzene rings is 1. The van der Waals surface area contributed by atoms with Crippen LogP contribution in [0.15, 0.2) is 18.2 Å². The Morgan fingerprint density at radius 1 is 1.53 bits per heavy atom. The molecule has 1 heterocycles. The molecule has 15 heavy (non-hydrogen) atoms. The van der Waals surface area contributed by atoms with Crippen molar-refractivity contribution >= 4 is 23.2 Å². The molecule has 4 nitrogen and oxygen atoms in total. The highest BCUT2D eigenvalue weighted by Crippen LogP contribution is 2.22. The predicted molar refractivity (Wildman–Crippen MR) is 57.5 cm³/mol. The van der Waals surface area contributed by atoms with Crippen LogP contribution in [-0.2, 0) is 4.84 Å². The second-order valence-electron chi connectivity index (χ2n) is 3.33. The number of carbonyl (C=O) groups excluding carboxylic acids is 1. The van der Waals surface area contributed by atoms with Gasteiger partial charge in [0.05, 0.1) is 23.7 Å². The van der Waals surface area contributed by atoms with Crippen molar-refractivity contribution < 1.29 is 9.63 Å². The first-order valence-electron chi connectivity index (χ1n) is 4.68. The Hall–Kier alpha value is -1.26. The second kappa shape index (κ2) is 4.08. The molecule has 0 saturated carbocycles. The zero-order valence-corrected chi connectivity index (χ0v) is 8.83. The Bertz CT molecular complexity index is 389. The van der Waals surface area contributed by atoms with Crippen molar-refractivity contribution in [2.24, 2.45) is 0 Å². The van der Waals surface area contributed by atoms with Crippen LogP contribution in [0.5, 0.6) is 0 Å². The van der Waals surface area contributed by atoms with E-state index in [1.165, 1.54) is 5.06 Å². The van der Waals surface area contributed by atoms with Gasteiger partial charge >= 0.3 is 0 Å². The van der Waals surface area contributed by atoms with Gasteiger partial charge in [-0.25, -0.2) is 5.06 Å². The quantitative estimate of drug-likeness (QED) is 0.742. The molecular weight excluding hydrogens is 216 g/mol. The van der Waals surface area contributed by atoms with Gasteiger partial charge in [0.1, 0.15) is 0 Å². The maximum absolute atomic E-state index is 11.9. The Kier molecular flexibility index (Phi) is 2.79. The van der Waals surface area contributed by atoms with Gasteiger partial charge in [-0.2, -0.15) is 0 Å². The molecule has 0 bridgehead atoms. The lowest BCUT2D eigenvalue weighted by Crippen LogP contribution is -2.26. The summed E-state index contributed by atoms with van der Waals surface area (Å²) in [5.74, 6) is -0.211. The van der Waals surface area contributed by atoms with E-state index in [0.29, 0.717) is 29.4 Å². The third kappa shape index (κ3) is 2.06. The zero-order valence-electron chi connectivity index (χ0n) is 8.07. The smallest absolute Gasteiger partial charge is 0.278 e. The molecule has 1 amide bonds.